The van der Waals surface area contributed by atoms with Crippen molar-refractivity contribution in [3.05, 3.63) is 64.8 Å². The second-order valence-corrected chi connectivity index (χ2v) is 8.38. The molecule has 1 aromatic heterocycles. The molecule has 4 rings (SSSR count). The number of benzene rings is 1. The summed E-state index contributed by atoms with van der Waals surface area (Å²) in [5, 5.41) is 3.62. The molecule has 0 fully saturated rings. The number of pyridine rings is 1. The summed E-state index contributed by atoms with van der Waals surface area (Å²) in [6.45, 7) is 3.34. The largest absolute Gasteiger partial charge is 0.462 e. The van der Waals surface area contributed by atoms with E-state index in [2.05, 4.69) is 10.3 Å². The number of anilines is 2. The molecule has 1 aliphatic carbocycles. The van der Waals surface area contributed by atoms with Crippen LogP contribution in [0.15, 0.2) is 59.3 Å². The van der Waals surface area contributed by atoms with Crippen molar-refractivity contribution in [3.63, 3.8) is 0 Å². The van der Waals surface area contributed by atoms with Crippen molar-refractivity contribution in [1.29, 1.82) is 0 Å². The number of esters is 1. The Morgan fingerprint density at radius 3 is 2.70 bits per heavy atom. The number of alkyl halides is 3. The first-order valence-corrected chi connectivity index (χ1v) is 11.0. The van der Waals surface area contributed by atoms with Crippen LogP contribution in [-0.4, -0.2) is 43.4 Å². The molecule has 0 saturated heterocycles. The molecule has 0 saturated carbocycles. The highest BCUT2D eigenvalue weighted by atomic mass is 35.5. The molecule has 1 unspecified atom stereocenters. The molecule has 0 bridgehead atoms. The average molecular weight is 478 g/mol. The summed E-state index contributed by atoms with van der Waals surface area (Å²) >= 11 is 6.08. The number of rotatable bonds is 5. The standard InChI is InChI=1S/C24H23ClF3N3O2/c1-2-33-23(32)16-5-3-15(4-6-16)17-12-21-22(30-13-17)29-9-10-31(21)14-18-11-19(25)7-8-20(18)24(26,27)28/h3-8,12-13,18H,2,9-11,14H2,1H3,(H,29,30). The van der Waals surface area contributed by atoms with Crippen LogP contribution in [-0.2, 0) is 4.74 Å². The molecule has 9 heteroatoms. The van der Waals surface area contributed by atoms with Gasteiger partial charge in [-0.1, -0.05) is 29.8 Å². The van der Waals surface area contributed by atoms with Crippen molar-refractivity contribution in [3.8, 4) is 11.1 Å². The van der Waals surface area contributed by atoms with Crippen molar-refractivity contribution in [2.75, 3.05) is 36.5 Å². The van der Waals surface area contributed by atoms with Crippen LogP contribution in [0.4, 0.5) is 24.7 Å². The minimum atomic E-state index is -4.41. The Bertz CT molecular complexity index is 1100. The van der Waals surface area contributed by atoms with Crippen molar-refractivity contribution in [2.45, 2.75) is 19.5 Å². The van der Waals surface area contributed by atoms with Gasteiger partial charge in [0.15, 0.2) is 0 Å². The molecular formula is C24H23ClF3N3O2. The van der Waals surface area contributed by atoms with Crippen molar-refractivity contribution in [1.82, 2.24) is 4.98 Å². The van der Waals surface area contributed by atoms with E-state index in [0.29, 0.717) is 36.1 Å². The predicted molar refractivity (Wildman–Crippen MR) is 123 cm³/mol. The third kappa shape index (κ3) is 5.16. The maximum Gasteiger partial charge on any atom is 0.413 e. The Morgan fingerprint density at radius 1 is 1.24 bits per heavy atom. The molecule has 2 aromatic rings. The fraction of sp³-hybridized carbons (Fsp3) is 0.333. The highest BCUT2D eigenvalue weighted by molar-refractivity contribution is 6.29. The molecule has 5 nitrogen and oxygen atoms in total. The van der Waals surface area contributed by atoms with Crippen molar-refractivity contribution < 1.29 is 22.7 Å². The molecule has 2 aliphatic rings. The van der Waals surface area contributed by atoms with Crippen LogP contribution in [0.2, 0.25) is 0 Å². The highest BCUT2D eigenvalue weighted by Gasteiger charge is 2.40. The molecule has 1 atom stereocenters. The van der Waals surface area contributed by atoms with Crippen LogP contribution >= 0.6 is 11.6 Å². The second kappa shape index (κ2) is 9.47. The number of carbonyl (C=O) groups is 1. The van der Waals surface area contributed by atoms with E-state index in [1.807, 2.05) is 11.0 Å². The zero-order valence-corrected chi connectivity index (χ0v) is 18.7. The van der Waals surface area contributed by atoms with Gasteiger partial charge >= 0.3 is 12.1 Å². The van der Waals surface area contributed by atoms with Crippen LogP contribution in [0.25, 0.3) is 11.1 Å². The third-order valence-corrected chi connectivity index (χ3v) is 5.99. The van der Waals surface area contributed by atoms with Crippen LogP contribution < -0.4 is 10.2 Å². The number of nitrogens with zero attached hydrogens (tertiary/aromatic N) is 2. The Kier molecular flexibility index (Phi) is 6.65. The van der Waals surface area contributed by atoms with Gasteiger partial charge in [0.2, 0.25) is 0 Å². The van der Waals surface area contributed by atoms with Gasteiger partial charge in [-0.25, -0.2) is 9.78 Å². The minimum Gasteiger partial charge on any atom is -0.462 e. The summed E-state index contributed by atoms with van der Waals surface area (Å²) in [7, 11) is 0. The molecule has 174 valence electrons. The first-order valence-electron chi connectivity index (χ1n) is 10.7. The Balaban J connectivity index is 1.59. The number of allylic oxidation sites excluding steroid dienone is 3. The summed E-state index contributed by atoms with van der Waals surface area (Å²) in [5.41, 5.74) is 2.25. The van der Waals surface area contributed by atoms with E-state index in [9.17, 15) is 18.0 Å². The smallest absolute Gasteiger partial charge is 0.413 e. The summed E-state index contributed by atoms with van der Waals surface area (Å²) in [4.78, 5) is 18.3. The monoisotopic (exact) mass is 477 g/mol. The van der Waals surface area contributed by atoms with Crippen molar-refractivity contribution >= 4 is 29.1 Å². The fourth-order valence-corrected chi connectivity index (χ4v) is 4.35. The van der Waals surface area contributed by atoms with Gasteiger partial charge in [-0.15, -0.1) is 0 Å². The topological polar surface area (TPSA) is 54.5 Å². The maximum absolute atomic E-state index is 13.6. The van der Waals surface area contributed by atoms with Gasteiger partial charge in [0.05, 0.1) is 17.9 Å². The van der Waals surface area contributed by atoms with Gasteiger partial charge in [0, 0.05) is 47.9 Å². The second-order valence-electron chi connectivity index (χ2n) is 7.90. The number of aromatic nitrogens is 1. The van der Waals surface area contributed by atoms with E-state index >= 15 is 0 Å². The molecule has 33 heavy (non-hydrogen) atoms. The quantitative estimate of drug-likeness (QED) is 0.552. The number of fused-ring (bicyclic) bond motifs is 1. The molecule has 0 radical (unpaired) electrons. The van der Waals surface area contributed by atoms with E-state index in [4.69, 9.17) is 16.3 Å². The van der Waals surface area contributed by atoms with E-state index in [1.165, 1.54) is 6.08 Å². The molecule has 2 heterocycles. The number of carbonyl (C=O) groups excluding carboxylic acids is 1. The van der Waals surface area contributed by atoms with Gasteiger partial charge in [-0.3, -0.25) is 0 Å². The van der Waals surface area contributed by atoms with Gasteiger partial charge in [0.1, 0.15) is 5.82 Å². The van der Waals surface area contributed by atoms with Gasteiger partial charge in [0.25, 0.3) is 0 Å². The Hall–Kier alpha value is -3.00. The van der Waals surface area contributed by atoms with E-state index in [0.717, 1.165) is 22.9 Å². The minimum absolute atomic E-state index is 0.147. The number of halogens is 4. The first-order chi connectivity index (χ1) is 15.8. The normalized spacial score (nSPS) is 18.1. The van der Waals surface area contributed by atoms with Gasteiger partial charge < -0.3 is 15.0 Å². The summed E-state index contributed by atoms with van der Waals surface area (Å²) < 4.78 is 45.7. The Morgan fingerprint density at radius 2 is 2.00 bits per heavy atom. The molecular weight excluding hydrogens is 455 g/mol. The summed E-state index contributed by atoms with van der Waals surface area (Å²) in [5.74, 6) is -0.527. The van der Waals surface area contributed by atoms with Gasteiger partial charge in [-0.05, 0) is 43.2 Å². The summed E-state index contributed by atoms with van der Waals surface area (Å²) in [6.07, 6.45) is -0.146. The highest BCUT2D eigenvalue weighted by Crippen LogP contribution is 2.40. The van der Waals surface area contributed by atoms with Crippen LogP contribution in [0, 0.1) is 5.92 Å². The number of nitrogens with one attached hydrogen (secondary N) is 1. The average Bonchev–Trinajstić information content (AvgIpc) is 2.78. The molecule has 0 amide bonds. The fourth-order valence-electron chi connectivity index (χ4n) is 4.11. The van der Waals surface area contributed by atoms with E-state index < -0.39 is 23.6 Å². The number of ether oxygens (including phenoxy) is 1. The molecule has 1 aromatic carbocycles. The zero-order chi connectivity index (χ0) is 23.6. The van der Waals surface area contributed by atoms with Crippen molar-refractivity contribution in [2.24, 2.45) is 5.92 Å². The number of hydrogen-bond donors (Lipinski definition) is 1. The van der Waals surface area contributed by atoms with E-state index in [-0.39, 0.29) is 13.0 Å². The first kappa shape index (κ1) is 23.2. The SMILES string of the molecule is CCOC(=O)c1ccc(-c2cnc3c(c2)N(CC2CC(Cl)=CC=C2C(F)(F)F)CCN3)cc1. The van der Waals surface area contributed by atoms with Gasteiger partial charge in [-0.2, -0.15) is 13.2 Å². The lowest BCUT2D eigenvalue weighted by Gasteiger charge is -2.36. The van der Waals surface area contributed by atoms with E-state index in [1.54, 1.807) is 37.4 Å². The lowest BCUT2D eigenvalue weighted by atomic mass is 9.90. The lowest BCUT2D eigenvalue weighted by Crippen LogP contribution is -2.40. The zero-order valence-electron chi connectivity index (χ0n) is 18.0. The summed E-state index contributed by atoms with van der Waals surface area (Å²) in [6, 6.07) is 8.86. The maximum atomic E-state index is 13.6. The molecule has 1 N–H and O–H groups in total. The molecule has 0 spiro atoms. The third-order valence-electron chi connectivity index (χ3n) is 5.70. The van der Waals surface area contributed by atoms with Crippen LogP contribution in [0.1, 0.15) is 23.7 Å². The Labute approximate surface area is 194 Å². The molecule has 1 aliphatic heterocycles. The number of hydrogen-bond acceptors (Lipinski definition) is 5. The predicted octanol–water partition coefficient (Wildman–Crippen LogP) is 5.79. The van der Waals surface area contributed by atoms with Crippen LogP contribution in [0.3, 0.4) is 0 Å². The lowest BCUT2D eigenvalue weighted by molar-refractivity contribution is -0.0989. The van der Waals surface area contributed by atoms with Crippen LogP contribution in [0.5, 0.6) is 0 Å².